The lowest BCUT2D eigenvalue weighted by molar-refractivity contribution is -0.289. The van der Waals surface area contributed by atoms with Gasteiger partial charge in [-0.15, -0.1) is 6.58 Å². The van der Waals surface area contributed by atoms with E-state index >= 15 is 0 Å². The van der Waals surface area contributed by atoms with E-state index in [2.05, 4.69) is 34.6 Å². The van der Waals surface area contributed by atoms with Crippen LogP contribution in [-0.4, -0.2) is 50.3 Å². The SMILES string of the molecule is C=CCO[C@@H]1[C@@H](OCc2ccccc2)[C@H](OCc2ccc(OC)cc2)[C@@H](OCc2ccccc2)[C@@H](OCc2ccc(Br)cc2)[C@H]1OCc1ccccc1. The first-order valence-electron chi connectivity index (χ1n) is 17.9. The summed E-state index contributed by atoms with van der Waals surface area (Å²) in [5, 5.41) is 0. The lowest BCUT2D eigenvalue weighted by atomic mass is 9.83. The normalized spacial score (nSPS) is 21.2. The average Bonchev–Trinajstić information content (AvgIpc) is 3.21. The maximum absolute atomic E-state index is 6.93. The monoisotopic (exact) mass is 778 g/mol. The van der Waals surface area contributed by atoms with Crippen molar-refractivity contribution in [2.45, 2.75) is 69.7 Å². The van der Waals surface area contributed by atoms with Gasteiger partial charge in [-0.1, -0.05) is 137 Å². The number of halogens is 1. The van der Waals surface area contributed by atoms with E-state index in [9.17, 15) is 0 Å². The van der Waals surface area contributed by atoms with Crippen molar-refractivity contribution in [2.24, 2.45) is 0 Å². The van der Waals surface area contributed by atoms with Crippen molar-refractivity contribution in [1.82, 2.24) is 0 Å². The molecule has 6 atom stereocenters. The summed E-state index contributed by atoms with van der Waals surface area (Å²) in [4.78, 5) is 0. The summed E-state index contributed by atoms with van der Waals surface area (Å²) in [5.41, 5.74) is 5.08. The fraction of sp³-hybridized carbons (Fsp3) is 0.289. The van der Waals surface area contributed by atoms with E-state index < -0.39 is 36.6 Å². The lowest BCUT2D eigenvalue weighted by Crippen LogP contribution is -2.67. The van der Waals surface area contributed by atoms with Gasteiger partial charge in [-0.25, -0.2) is 0 Å². The van der Waals surface area contributed by atoms with Crippen LogP contribution in [0.15, 0.2) is 157 Å². The van der Waals surface area contributed by atoms with Crippen molar-refractivity contribution in [2.75, 3.05) is 13.7 Å². The standard InChI is InChI=1S/C45H47BrO7/c1-3-27-48-40-41(49-28-33-13-7-4-8-14-33)43(52-31-36-19-23-38(46)24-20-36)45(51-30-35-17-11-6-12-18-35)44(42(40)50-29-34-15-9-5-10-16-34)53-32-37-21-25-39(47-2)26-22-37/h3-26,40-45H,1,27-32H2,2H3/t40-,41-,42+,43-,44-,45-/m0/s1. The van der Waals surface area contributed by atoms with Crippen LogP contribution in [0.4, 0.5) is 0 Å². The van der Waals surface area contributed by atoms with Gasteiger partial charge < -0.3 is 33.2 Å². The highest BCUT2D eigenvalue weighted by molar-refractivity contribution is 9.10. The van der Waals surface area contributed by atoms with Gasteiger partial charge in [-0.2, -0.15) is 0 Å². The molecule has 0 heterocycles. The van der Waals surface area contributed by atoms with Gasteiger partial charge in [0.2, 0.25) is 0 Å². The van der Waals surface area contributed by atoms with Crippen LogP contribution in [0.25, 0.3) is 0 Å². The second-order valence-electron chi connectivity index (χ2n) is 12.9. The van der Waals surface area contributed by atoms with E-state index in [1.165, 1.54) is 0 Å². The number of methoxy groups -OCH3 is 1. The number of benzene rings is 5. The van der Waals surface area contributed by atoms with E-state index in [0.29, 0.717) is 33.0 Å². The predicted octanol–water partition coefficient (Wildman–Crippen LogP) is 9.27. The second-order valence-corrected chi connectivity index (χ2v) is 13.8. The van der Waals surface area contributed by atoms with E-state index in [4.69, 9.17) is 33.2 Å². The summed E-state index contributed by atoms with van der Waals surface area (Å²) in [7, 11) is 1.66. The van der Waals surface area contributed by atoms with Crippen molar-refractivity contribution >= 4 is 15.9 Å². The molecule has 276 valence electrons. The summed E-state index contributed by atoms with van der Waals surface area (Å²) in [6, 6.07) is 46.3. The smallest absolute Gasteiger partial charge is 0.118 e. The molecule has 1 aliphatic carbocycles. The highest BCUT2D eigenvalue weighted by Gasteiger charge is 2.55. The molecule has 0 saturated heterocycles. The predicted molar refractivity (Wildman–Crippen MR) is 209 cm³/mol. The molecular weight excluding hydrogens is 732 g/mol. The van der Waals surface area contributed by atoms with Gasteiger partial charge in [0.15, 0.2) is 0 Å². The van der Waals surface area contributed by atoms with Gasteiger partial charge in [0, 0.05) is 4.47 Å². The van der Waals surface area contributed by atoms with Crippen molar-refractivity contribution in [3.8, 4) is 5.75 Å². The lowest BCUT2D eigenvalue weighted by Gasteiger charge is -2.49. The molecule has 0 aromatic heterocycles. The van der Waals surface area contributed by atoms with Crippen molar-refractivity contribution in [3.63, 3.8) is 0 Å². The highest BCUT2D eigenvalue weighted by Crippen LogP contribution is 2.36. The van der Waals surface area contributed by atoms with Gasteiger partial charge in [0.05, 0.1) is 46.8 Å². The molecule has 1 aliphatic rings. The highest BCUT2D eigenvalue weighted by atomic mass is 79.9. The summed E-state index contributed by atoms with van der Waals surface area (Å²) in [6.07, 6.45) is -1.92. The minimum Gasteiger partial charge on any atom is -0.497 e. The zero-order chi connectivity index (χ0) is 36.7. The Morgan fingerprint density at radius 2 is 0.736 bits per heavy atom. The minimum atomic E-state index is -0.620. The zero-order valence-corrected chi connectivity index (χ0v) is 31.6. The Hall–Kier alpha value is -4.12. The summed E-state index contributed by atoms with van der Waals surface area (Å²) in [5.74, 6) is 0.775. The number of hydrogen-bond donors (Lipinski definition) is 0. The molecule has 0 bridgehead atoms. The summed E-state index contributed by atoms with van der Waals surface area (Å²) in [6.45, 7) is 5.87. The molecule has 0 N–H and O–H groups in total. The Bertz CT molecular complexity index is 1770. The maximum atomic E-state index is 6.93. The Labute approximate surface area is 321 Å². The largest absolute Gasteiger partial charge is 0.497 e. The molecule has 0 amide bonds. The third-order valence-corrected chi connectivity index (χ3v) is 9.69. The van der Waals surface area contributed by atoms with Crippen LogP contribution in [0.1, 0.15) is 27.8 Å². The Kier molecular flexibility index (Phi) is 14.8. The molecule has 0 aliphatic heterocycles. The first-order valence-corrected chi connectivity index (χ1v) is 18.7. The first kappa shape index (κ1) is 38.6. The zero-order valence-electron chi connectivity index (χ0n) is 30.0. The van der Waals surface area contributed by atoms with Crippen molar-refractivity contribution in [1.29, 1.82) is 0 Å². The average molecular weight is 780 g/mol. The fourth-order valence-electron chi connectivity index (χ4n) is 6.43. The van der Waals surface area contributed by atoms with Crippen LogP contribution >= 0.6 is 15.9 Å². The second kappa shape index (κ2) is 20.4. The van der Waals surface area contributed by atoms with Gasteiger partial charge in [0.25, 0.3) is 0 Å². The Morgan fingerprint density at radius 3 is 1.06 bits per heavy atom. The van der Waals surface area contributed by atoms with Gasteiger partial charge in [0.1, 0.15) is 42.4 Å². The molecule has 5 aromatic carbocycles. The van der Waals surface area contributed by atoms with Crippen molar-refractivity contribution in [3.05, 3.63) is 184 Å². The molecule has 7 nitrogen and oxygen atoms in total. The number of hydrogen-bond acceptors (Lipinski definition) is 7. The van der Waals surface area contributed by atoms with Gasteiger partial charge >= 0.3 is 0 Å². The van der Waals surface area contributed by atoms with Crippen LogP contribution < -0.4 is 4.74 Å². The molecule has 0 unspecified atom stereocenters. The first-order chi connectivity index (χ1) is 26.1. The van der Waals surface area contributed by atoms with Crippen LogP contribution in [0.5, 0.6) is 5.75 Å². The summed E-state index contributed by atoms with van der Waals surface area (Å²) >= 11 is 3.56. The summed E-state index contributed by atoms with van der Waals surface area (Å²) < 4.78 is 47.6. The Balaban J connectivity index is 1.40. The molecule has 1 saturated carbocycles. The van der Waals surface area contributed by atoms with E-state index in [0.717, 1.165) is 38.0 Å². The van der Waals surface area contributed by atoms with Gasteiger partial charge in [-0.3, -0.25) is 0 Å². The number of ether oxygens (including phenoxy) is 7. The molecule has 5 aromatic rings. The molecule has 8 heteroatoms. The van der Waals surface area contributed by atoms with Crippen LogP contribution in [0, 0.1) is 0 Å². The number of rotatable bonds is 19. The molecule has 0 radical (unpaired) electrons. The van der Waals surface area contributed by atoms with E-state index in [-0.39, 0.29) is 6.61 Å². The van der Waals surface area contributed by atoms with Crippen LogP contribution in [-0.2, 0) is 61.5 Å². The van der Waals surface area contributed by atoms with Crippen LogP contribution in [0.3, 0.4) is 0 Å². The van der Waals surface area contributed by atoms with Crippen LogP contribution in [0.2, 0.25) is 0 Å². The third-order valence-electron chi connectivity index (χ3n) is 9.16. The molecule has 0 spiro atoms. The molecule has 6 rings (SSSR count). The fourth-order valence-corrected chi connectivity index (χ4v) is 6.69. The molecule has 1 fully saturated rings. The molecule has 53 heavy (non-hydrogen) atoms. The topological polar surface area (TPSA) is 64.6 Å². The maximum Gasteiger partial charge on any atom is 0.118 e. The van der Waals surface area contributed by atoms with E-state index in [1.807, 2.05) is 127 Å². The quantitative estimate of drug-likeness (QED) is 0.0775. The molecular formula is C45H47BrO7. The van der Waals surface area contributed by atoms with Gasteiger partial charge in [-0.05, 0) is 52.1 Å². The Morgan fingerprint density at radius 1 is 0.434 bits per heavy atom. The van der Waals surface area contributed by atoms with Crippen molar-refractivity contribution < 1.29 is 33.2 Å². The minimum absolute atomic E-state index is 0.279. The third kappa shape index (κ3) is 11.2. The van der Waals surface area contributed by atoms with E-state index in [1.54, 1.807) is 13.2 Å².